The zero-order valence-corrected chi connectivity index (χ0v) is 13.1. The van der Waals surface area contributed by atoms with E-state index in [0.29, 0.717) is 12.1 Å². The molecular formula is C16H23N3OS. The Kier molecular flexibility index (Phi) is 5.06. The molecule has 0 radical (unpaired) electrons. The number of fused-ring (bicyclic) bond motifs is 1. The summed E-state index contributed by atoms with van der Waals surface area (Å²) in [6.07, 6.45) is 7.73. The molecule has 5 heteroatoms. The van der Waals surface area contributed by atoms with Crippen LogP contribution in [0.2, 0.25) is 0 Å². The number of ether oxygens (including phenoxy) is 1. The van der Waals surface area contributed by atoms with Crippen molar-refractivity contribution in [3.63, 3.8) is 0 Å². The van der Waals surface area contributed by atoms with Crippen LogP contribution in [0.3, 0.4) is 0 Å². The first-order chi connectivity index (χ1) is 10.3. The van der Waals surface area contributed by atoms with Crippen LogP contribution in [0.5, 0.6) is 0 Å². The van der Waals surface area contributed by atoms with E-state index in [0.717, 1.165) is 51.1 Å². The Hall–Kier alpha value is -1.17. The van der Waals surface area contributed by atoms with E-state index in [1.165, 1.54) is 10.1 Å². The van der Waals surface area contributed by atoms with Crippen LogP contribution in [0.4, 0.5) is 5.82 Å². The molecule has 0 amide bonds. The maximum atomic E-state index is 5.93. The summed E-state index contributed by atoms with van der Waals surface area (Å²) in [5.41, 5.74) is 5.90. The molecule has 114 valence electrons. The molecule has 0 saturated heterocycles. The van der Waals surface area contributed by atoms with Gasteiger partial charge >= 0.3 is 0 Å². The van der Waals surface area contributed by atoms with Crippen molar-refractivity contribution in [1.82, 2.24) is 4.98 Å². The summed E-state index contributed by atoms with van der Waals surface area (Å²) < 4.78 is 7.21. The third kappa shape index (κ3) is 3.93. The zero-order chi connectivity index (χ0) is 14.5. The number of anilines is 1. The first kappa shape index (κ1) is 14.8. The first-order valence-electron chi connectivity index (χ1n) is 7.76. The SMILES string of the molecule is NC1CCC(OCCCNc2nccc3sccc23)CC1. The summed E-state index contributed by atoms with van der Waals surface area (Å²) >= 11 is 1.75. The Balaban J connectivity index is 1.38. The fourth-order valence-corrected chi connectivity index (χ4v) is 3.60. The molecule has 3 N–H and O–H groups in total. The van der Waals surface area contributed by atoms with Crippen molar-refractivity contribution < 1.29 is 4.74 Å². The molecule has 0 unspecified atom stereocenters. The summed E-state index contributed by atoms with van der Waals surface area (Å²) in [6, 6.07) is 4.57. The molecule has 1 saturated carbocycles. The molecule has 0 aliphatic heterocycles. The van der Waals surface area contributed by atoms with E-state index in [1.807, 2.05) is 6.20 Å². The van der Waals surface area contributed by atoms with Crippen molar-refractivity contribution in [2.75, 3.05) is 18.5 Å². The van der Waals surface area contributed by atoms with Crippen molar-refractivity contribution in [1.29, 1.82) is 0 Å². The third-order valence-electron chi connectivity index (χ3n) is 4.07. The number of hydrogen-bond acceptors (Lipinski definition) is 5. The molecule has 1 aliphatic rings. The van der Waals surface area contributed by atoms with Gasteiger partial charge in [0, 0.05) is 35.5 Å². The number of rotatable bonds is 6. The largest absolute Gasteiger partial charge is 0.378 e. The second kappa shape index (κ2) is 7.20. The van der Waals surface area contributed by atoms with Gasteiger partial charge in [0.25, 0.3) is 0 Å². The molecule has 2 aromatic rings. The Morgan fingerprint density at radius 2 is 2.14 bits per heavy atom. The second-order valence-electron chi connectivity index (χ2n) is 5.68. The molecule has 21 heavy (non-hydrogen) atoms. The van der Waals surface area contributed by atoms with Crippen LogP contribution >= 0.6 is 11.3 Å². The van der Waals surface area contributed by atoms with Crippen molar-refractivity contribution in [2.24, 2.45) is 5.73 Å². The lowest BCUT2D eigenvalue weighted by atomic mass is 9.94. The minimum atomic E-state index is 0.392. The van der Waals surface area contributed by atoms with Gasteiger partial charge in [-0.05, 0) is 49.6 Å². The van der Waals surface area contributed by atoms with E-state index in [9.17, 15) is 0 Å². The Labute approximate surface area is 129 Å². The lowest BCUT2D eigenvalue weighted by Crippen LogP contribution is -2.30. The topological polar surface area (TPSA) is 60.2 Å². The van der Waals surface area contributed by atoms with Gasteiger partial charge in [-0.1, -0.05) is 0 Å². The van der Waals surface area contributed by atoms with E-state index < -0.39 is 0 Å². The number of hydrogen-bond donors (Lipinski definition) is 2. The van der Waals surface area contributed by atoms with Gasteiger partial charge in [0.05, 0.1) is 6.10 Å². The Morgan fingerprint density at radius 3 is 3.00 bits per heavy atom. The maximum absolute atomic E-state index is 5.93. The highest BCUT2D eigenvalue weighted by atomic mass is 32.1. The average Bonchev–Trinajstić information content (AvgIpc) is 2.98. The van der Waals surface area contributed by atoms with Crippen LogP contribution < -0.4 is 11.1 Å². The zero-order valence-electron chi connectivity index (χ0n) is 12.3. The fourth-order valence-electron chi connectivity index (χ4n) is 2.82. The van der Waals surface area contributed by atoms with Gasteiger partial charge in [-0.25, -0.2) is 4.98 Å². The summed E-state index contributed by atoms with van der Waals surface area (Å²) in [6.45, 7) is 1.71. The van der Waals surface area contributed by atoms with Crippen LogP contribution in [0.15, 0.2) is 23.7 Å². The van der Waals surface area contributed by atoms with Crippen molar-refractivity contribution in [2.45, 2.75) is 44.2 Å². The van der Waals surface area contributed by atoms with Crippen molar-refractivity contribution in [3.8, 4) is 0 Å². The van der Waals surface area contributed by atoms with Gasteiger partial charge in [0.15, 0.2) is 0 Å². The predicted molar refractivity (Wildman–Crippen MR) is 88.9 cm³/mol. The third-order valence-corrected chi connectivity index (χ3v) is 4.95. The van der Waals surface area contributed by atoms with Crippen LogP contribution in [0.25, 0.3) is 10.1 Å². The highest BCUT2D eigenvalue weighted by molar-refractivity contribution is 7.17. The summed E-state index contributed by atoms with van der Waals surface area (Å²) in [7, 11) is 0. The molecule has 1 aliphatic carbocycles. The van der Waals surface area contributed by atoms with E-state index in [1.54, 1.807) is 11.3 Å². The number of nitrogens with zero attached hydrogens (tertiary/aromatic N) is 1. The number of pyridine rings is 1. The summed E-state index contributed by atoms with van der Waals surface area (Å²) in [5.74, 6) is 0.984. The van der Waals surface area contributed by atoms with Crippen molar-refractivity contribution in [3.05, 3.63) is 23.7 Å². The smallest absolute Gasteiger partial charge is 0.134 e. The Bertz CT molecular complexity index is 563. The van der Waals surface area contributed by atoms with Gasteiger partial charge in [-0.2, -0.15) is 0 Å². The minimum absolute atomic E-state index is 0.392. The highest BCUT2D eigenvalue weighted by Gasteiger charge is 2.18. The normalized spacial score (nSPS) is 22.5. The molecular weight excluding hydrogens is 282 g/mol. The van der Waals surface area contributed by atoms with Crippen LogP contribution in [-0.2, 0) is 4.74 Å². The molecule has 0 bridgehead atoms. The van der Waals surface area contributed by atoms with E-state index >= 15 is 0 Å². The maximum Gasteiger partial charge on any atom is 0.134 e. The van der Waals surface area contributed by atoms with E-state index in [-0.39, 0.29) is 0 Å². The van der Waals surface area contributed by atoms with Gasteiger partial charge in [0.2, 0.25) is 0 Å². The number of nitrogens with one attached hydrogen (secondary N) is 1. The predicted octanol–water partition coefficient (Wildman–Crippen LogP) is 3.38. The molecule has 3 rings (SSSR count). The van der Waals surface area contributed by atoms with E-state index in [4.69, 9.17) is 10.5 Å². The molecule has 2 aromatic heterocycles. The van der Waals surface area contributed by atoms with Gasteiger partial charge in [-0.3, -0.25) is 0 Å². The average molecular weight is 305 g/mol. The van der Waals surface area contributed by atoms with Gasteiger partial charge in [0.1, 0.15) is 5.82 Å². The van der Waals surface area contributed by atoms with Gasteiger partial charge < -0.3 is 15.8 Å². The number of thiophene rings is 1. The molecule has 0 atom stereocenters. The second-order valence-corrected chi connectivity index (χ2v) is 6.63. The monoisotopic (exact) mass is 305 g/mol. The fraction of sp³-hybridized carbons (Fsp3) is 0.562. The van der Waals surface area contributed by atoms with Crippen LogP contribution in [0.1, 0.15) is 32.1 Å². The molecule has 4 nitrogen and oxygen atoms in total. The Morgan fingerprint density at radius 1 is 1.29 bits per heavy atom. The standard InChI is InChI=1S/C16H23N3OS/c17-12-2-4-13(5-3-12)20-10-1-8-18-16-14-7-11-21-15(14)6-9-19-16/h6-7,9,11-13H,1-5,8,10,17H2,(H,18,19). The summed E-state index contributed by atoms with van der Waals surface area (Å²) in [5, 5.41) is 6.73. The lowest BCUT2D eigenvalue weighted by molar-refractivity contribution is 0.0251. The van der Waals surface area contributed by atoms with E-state index in [2.05, 4.69) is 27.8 Å². The number of nitrogens with two attached hydrogens (primary N) is 1. The van der Waals surface area contributed by atoms with Crippen molar-refractivity contribution >= 4 is 27.2 Å². The van der Waals surface area contributed by atoms with Crippen LogP contribution in [-0.4, -0.2) is 30.3 Å². The molecule has 1 fully saturated rings. The van der Waals surface area contributed by atoms with Crippen LogP contribution in [0, 0.1) is 0 Å². The minimum Gasteiger partial charge on any atom is -0.378 e. The van der Waals surface area contributed by atoms with Gasteiger partial charge in [-0.15, -0.1) is 11.3 Å². The molecule has 0 spiro atoms. The number of aromatic nitrogens is 1. The highest BCUT2D eigenvalue weighted by Crippen LogP contribution is 2.25. The lowest BCUT2D eigenvalue weighted by Gasteiger charge is -2.26. The molecule has 0 aromatic carbocycles. The quantitative estimate of drug-likeness (QED) is 0.803. The first-order valence-corrected chi connectivity index (χ1v) is 8.64. The summed E-state index contributed by atoms with van der Waals surface area (Å²) in [4.78, 5) is 4.42. The molecule has 2 heterocycles.